The molecule has 2 N–H and O–H groups in total. The molecule has 2 atom stereocenters. The molecule has 80 valence electrons. The number of aromatic nitrogens is 2. The first-order chi connectivity index (χ1) is 7.29. The van der Waals surface area contributed by atoms with Gasteiger partial charge in [-0.2, -0.15) is 4.98 Å². The second kappa shape index (κ2) is 3.34. The molecule has 5 nitrogen and oxygen atoms in total. The molecule has 1 aromatic heterocycles. The van der Waals surface area contributed by atoms with Crippen LogP contribution in [0.25, 0.3) is 6.08 Å². The lowest BCUT2D eigenvalue weighted by atomic mass is 9.96. The summed E-state index contributed by atoms with van der Waals surface area (Å²) < 4.78 is 4.98. The van der Waals surface area contributed by atoms with Crippen LogP contribution < -0.4 is 5.73 Å². The third kappa shape index (κ3) is 1.74. The van der Waals surface area contributed by atoms with Crippen LogP contribution in [0.15, 0.2) is 10.1 Å². The fourth-order valence-corrected chi connectivity index (χ4v) is 2.53. The predicted molar refractivity (Wildman–Crippen MR) is 55.9 cm³/mol. The molecule has 15 heavy (non-hydrogen) atoms. The number of hydrogen-bond donors (Lipinski definition) is 1. The molecule has 2 unspecified atom stereocenters. The molecular weight excluding hydrogens is 192 g/mol. The summed E-state index contributed by atoms with van der Waals surface area (Å²) in [6.45, 7) is 3.52. The Morgan fingerprint density at radius 1 is 1.53 bits per heavy atom. The van der Waals surface area contributed by atoms with Crippen molar-refractivity contribution >= 4 is 12.0 Å². The van der Waals surface area contributed by atoms with E-state index in [1.54, 1.807) is 0 Å². The first-order valence-corrected chi connectivity index (χ1v) is 5.30. The predicted octanol–water partition coefficient (Wildman–Crippen LogP) is 0.761. The van der Waals surface area contributed by atoms with Gasteiger partial charge >= 0.3 is 0 Å². The maximum Gasteiger partial charge on any atom is 0.261 e. The van der Waals surface area contributed by atoms with E-state index in [0.29, 0.717) is 5.89 Å². The third-order valence-corrected chi connectivity index (χ3v) is 3.13. The molecule has 0 radical (unpaired) electrons. The molecule has 2 saturated heterocycles. The number of nitrogens with two attached hydrogens (primary N) is 1. The lowest BCUT2D eigenvalue weighted by molar-refractivity contribution is 0.317. The summed E-state index contributed by atoms with van der Waals surface area (Å²) in [5.41, 5.74) is 6.78. The van der Waals surface area contributed by atoms with Crippen molar-refractivity contribution in [1.82, 2.24) is 15.0 Å². The molecular formula is C10H14N4O. The summed E-state index contributed by atoms with van der Waals surface area (Å²) in [6.07, 6.45) is 4.47. The van der Waals surface area contributed by atoms with E-state index in [1.165, 1.54) is 31.5 Å². The molecule has 0 spiro atoms. The van der Waals surface area contributed by atoms with Crippen molar-refractivity contribution < 1.29 is 4.52 Å². The van der Waals surface area contributed by atoms with Gasteiger partial charge in [0.15, 0.2) is 0 Å². The number of hydrogen-bond acceptors (Lipinski definition) is 5. The van der Waals surface area contributed by atoms with Crippen LogP contribution in [0, 0.1) is 5.92 Å². The van der Waals surface area contributed by atoms with Crippen molar-refractivity contribution in [3.8, 4) is 0 Å². The van der Waals surface area contributed by atoms with Gasteiger partial charge in [0.2, 0.25) is 0 Å². The number of nitrogen functional groups attached to an aromatic ring is 1. The molecule has 2 fully saturated rings. The topological polar surface area (TPSA) is 68.2 Å². The van der Waals surface area contributed by atoms with Crippen LogP contribution in [0.5, 0.6) is 0 Å². The largest absolute Gasteiger partial charge is 0.365 e. The van der Waals surface area contributed by atoms with Gasteiger partial charge in [0.25, 0.3) is 11.8 Å². The van der Waals surface area contributed by atoms with E-state index in [4.69, 9.17) is 10.3 Å². The van der Waals surface area contributed by atoms with Gasteiger partial charge in [0.05, 0.1) is 0 Å². The number of piperidine rings is 1. The van der Waals surface area contributed by atoms with Gasteiger partial charge in [0.1, 0.15) is 0 Å². The van der Waals surface area contributed by atoms with Gasteiger partial charge in [-0.1, -0.05) is 5.57 Å². The Balaban J connectivity index is 1.80. The fourth-order valence-electron chi connectivity index (χ4n) is 2.53. The zero-order valence-electron chi connectivity index (χ0n) is 8.52. The first kappa shape index (κ1) is 8.91. The Kier molecular flexibility index (Phi) is 1.98. The average Bonchev–Trinajstić information content (AvgIpc) is 2.74. The Morgan fingerprint density at radius 3 is 3.20 bits per heavy atom. The van der Waals surface area contributed by atoms with Gasteiger partial charge in [-0.25, -0.2) is 0 Å². The molecule has 2 aliphatic heterocycles. The summed E-state index contributed by atoms with van der Waals surface area (Å²) >= 11 is 0. The Morgan fingerprint density at radius 2 is 2.47 bits per heavy atom. The monoisotopic (exact) mass is 206 g/mol. The fraction of sp³-hybridized carbons (Fsp3) is 0.600. The summed E-state index contributed by atoms with van der Waals surface area (Å²) in [5.74, 6) is 1.57. The Bertz CT molecular complexity index is 384. The molecule has 3 heterocycles. The van der Waals surface area contributed by atoms with Crippen molar-refractivity contribution in [3.63, 3.8) is 0 Å². The van der Waals surface area contributed by atoms with Crippen LogP contribution in [0.2, 0.25) is 0 Å². The quantitative estimate of drug-likeness (QED) is 0.734. The molecule has 2 bridgehead atoms. The molecule has 5 heteroatoms. The highest BCUT2D eigenvalue weighted by molar-refractivity contribution is 5.46. The summed E-state index contributed by atoms with van der Waals surface area (Å²) in [7, 11) is 0. The first-order valence-electron chi connectivity index (χ1n) is 5.30. The molecule has 1 aromatic rings. The van der Waals surface area contributed by atoms with E-state index in [0.717, 1.165) is 12.5 Å². The van der Waals surface area contributed by atoms with E-state index >= 15 is 0 Å². The van der Waals surface area contributed by atoms with Crippen LogP contribution in [-0.4, -0.2) is 34.7 Å². The van der Waals surface area contributed by atoms with Crippen LogP contribution >= 0.6 is 0 Å². The second-order valence-electron chi connectivity index (χ2n) is 4.39. The lowest BCUT2D eigenvalue weighted by Gasteiger charge is -2.24. The van der Waals surface area contributed by atoms with E-state index in [9.17, 15) is 0 Å². The molecule has 2 aliphatic rings. The maximum atomic E-state index is 5.40. The van der Waals surface area contributed by atoms with Crippen LogP contribution in [0.3, 0.4) is 0 Å². The number of anilines is 1. The molecule has 0 saturated carbocycles. The van der Waals surface area contributed by atoms with E-state index < -0.39 is 0 Å². The smallest absolute Gasteiger partial charge is 0.261 e. The maximum absolute atomic E-state index is 5.40. The minimum atomic E-state index is 0.209. The Labute approximate surface area is 87.9 Å². The van der Waals surface area contributed by atoms with Crippen molar-refractivity contribution in [3.05, 3.63) is 11.5 Å². The minimum absolute atomic E-state index is 0.209. The highest BCUT2D eigenvalue weighted by atomic mass is 16.5. The van der Waals surface area contributed by atoms with Gasteiger partial charge in [-0.3, -0.25) is 4.90 Å². The molecule has 0 aromatic carbocycles. The summed E-state index contributed by atoms with van der Waals surface area (Å²) in [6, 6.07) is 0. The normalized spacial score (nSPS) is 32.4. The zero-order valence-corrected chi connectivity index (χ0v) is 8.52. The van der Waals surface area contributed by atoms with Crippen LogP contribution in [0.1, 0.15) is 18.7 Å². The zero-order chi connectivity index (χ0) is 10.3. The van der Waals surface area contributed by atoms with E-state index in [2.05, 4.69) is 15.0 Å². The summed E-state index contributed by atoms with van der Waals surface area (Å²) in [4.78, 5) is 6.45. The van der Waals surface area contributed by atoms with Crippen molar-refractivity contribution in [1.29, 1.82) is 0 Å². The van der Waals surface area contributed by atoms with E-state index in [-0.39, 0.29) is 5.95 Å². The minimum Gasteiger partial charge on any atom is -0.365 e. The second-order valence-corrected chi connectivity index (χ2v) is 4.39. The van der Waals surface area contributed by atoms with Gasteiger partial charge < -0.3 is 10.3 Å². The number of nitrogens with zero attached hydrogens (tertiary/aromatic N) is 3. The van der Waals surface area contributed by atoms with Gasteiger partial charge in [0, 0.05) is 19.2 Å². The van der Waals surface area contributed by atoms with Crippen LogP contribution in [0.4, 0.5) is 5.95 Å². The number of rotatable bonds is 1. The van der Waals surface area contributed by atoms with Crippen LogP contribution in [-0.2, 0) is 0 Å². The molecule has 3 rings (SSSR count). The number of fused-ring (bicyclic) bond motifs is 2. The summed E-state index contributed by atoms with van der Waals surface area (Å²) in [5, 5.41) is 3.57. The third-order valence-electron chi connectivity index (χ3n) is 3.13. The molecule has 0 amide bonds. The molecule has 0 aliphatic carbocycles. The standard InChI is InChI=1S/C10H14N4O/c11-10-12-9(15-13-10)4-8-3-7-1-2-14(5-7)6-8/h4,7H,1-3,5-6H2,(H2,11,13)/b8-4-. The van der Waals surface area contributed by atoms with Crippen molar-refractivity contribution in [2.75, 3.05) is 25.4 Å². The van der Waals surface area contributed by atoms with Gasteiger partial charge in [-0.15, -0.1) is 0 Å². The SMILES string of the molecule is Nc1noc(/C=C2/CC3CCN(C2)C3)n1. The van der Waals surface area contributed by atoms with Crippen molar-refractivity contribution in [2.24, 2.45) is 5.92 Å². The highest BCUT2D eigenvalue weighted by Crippen LogP contribution is 2.30. The van der Waals surface area contributed by atoms with Crippen molar-refractivity contribution in [2.45, 2.75) is 12.8 Å². The lowest BCUT2D eigenvalue weighted by Crippen LogP contribution is -2.27. The Hall–Kier alpha value is -1.36. The van der Waals surface area contributed by atoms with Gasteiger partial charge in [-0.05, 0) is 30.5 Å². The highest BCUT2D eigenvalue weighted by Gasteiger charge is 2.29. The average molecular weight is 206 g/mol. The van der Waals surface area contributed by atoms with E-state index in [1.807, 2.05) is 6.08 Å².